The van der Waals surface area contributed by atoms with Crippen molar-refractivity contribution in [1.29, 1.82) is 0 Å². The van der Waals surface area contributed by atoms with Gasteiger partial charge in [-0.2, -0.15) is 0 Å². The fraction of sp³-hybridized carbons (Fsp3) is 0.167. The monoisotopic (exact) mass is 421 g/mol. The van der Waals surface area contributed by atoms with Gasteiger partial charge in [0.1, 0.15) is 11.9 Å². The third-order valence-corrected chi connectivity index (χ3v) is 6.69. The summed E-state index contributed by atoms with van der Waals surface area (Å²) in [5.74, 6) is 0.603. The second-order valence-corrected chi connectivity index (χ2v) is 9.10. The van der Waals surface area contributed by atoms with Gasteiger partial charge in [0, 0.05) is 0 Å². The molecule has 6 heteroatoms. The molecule has 2 aromatic carbocycles. The fourth-order valence-electron chi connectivity index (χ4n) is 3.33. The first kappa shape index (κ1) is 20.2. The Morgan fingerprint density at radius 3 is 2.40 bits per heavy atom. The van der Waals surface area contributed by atoms with E-state index in [0.717, 1.165) is 11.1 Å². The number of furan rings is 1. The minimum Gasteiger partial charge on any atom is -0.466 e. The number of rotatable bonds is 4. The van der Waals surface area contributed by atoms with Gasteiger partial charge in [0.15, 0.2) is 0 Å². The van der Waals surface area contributed by atoms with Crippen LogP contribution >= 0.6 is 0 Å². The molecule has 1 aliphatic rings. The van der Waals surface area contributed by atoms with Crippen molar-refractivity contribution in [2.45, 2.75) is 17.9 Å². The minimum atomic E-state index is -3.82. The summed E-state index contributed by atoms with van der Waals surface area (Å²) in [7, 11) is -3.82. The molecule has 0 saturated carbocycles. The number of aryl methyl sites for hydroxylation is 1. The van der Waals surface area contributed by atoms with Crippen LogP contribution < -0.4 is 0 Å². The second kappa shape index (κ2) is 8.34. The average molecular weight is 422 g/mol. The van der Waals surface area contributed by atoms with E-state index >= 15 is 0 Å². The first-order chi connectivity index (χ1) is 14.4. The van der Waals surface area contributed by atoms with Crippen molar-refractivity contribution in [3.8, 4) is 0 Å². The van der Waals surface area contributed by atoms with Gasteiger partial charge >= 0.3 is 0 Å². The Morgan fingerprint density at radius 1 is 1.00 bits per heavy atom. The molecule has 1 aromatic heterocycles. The van der Waals surface area contributed by atoms with Crippen LogP contribution in [0.3, 0.4) is 0 Å². The molecular formula is C24H23NO4S. The summed E-state index contributed by atoms with van der Waals surface area (Å²) in [6, 6.07) is 19.9. The SMILES string of the molecule is C=C1COC(c2ccco2)/C=C(/c2ccccc2)N(S(=O)(=O)c2ccc(C)cc2)C1. The molecule has 0 N–H and O–H groups in total. The molecule has 2 heterocycles. The molecule has 1 unspecified atom stereocenters. The highest BCUT2D eigenvalue weighted by Crippen LogP contribution is 2.34. The van der Waals surface area contributed by atoms with Gasteiger partial charge in [-0.3, -0.25) is 4.31 Å². The Bertz CT molecular complexity index is 1150. The Kier molecular flexibility index (Phi) is 5.61. The summed E-state index contributed by atoms with van der Waals surface area (Å²) in [4.78, 5) is 0.235. The zero-order chi connectivity index (χ0) is 21.1. The number of nitrogens with zero attached hydrogens (tertiary/aromatic N) is 1. The van der Waals surface area contributed by atoms with Gasteiger partial charge in [-0.05, 0) is 48.4 Å². The van der Waals surface area contributed by atoms with Crippen molar-refractivity contribution in [1.82, 2.24) is 4.31 Å². The molecule has 1 aliphatic heterocycles. The van der Waals surface area contributed by atoms with Gasteiger partial charge in [0.2, 0.25) is 0 Å². The predicted molar refractivity (Wildman–Crippen MR) is 116 cm³/mol. The third-order valence-electron chi connectivity index (χ3n) is 4.91. The first-order valence-corrected chi connectivity index (χ1v) is 11.1. The topological polar surface area (TPSA) is 59.8 Å². The molecule has 1 atom stereocenters. The van der Waals surface area contributed by atoms with E-state index in [-0.39, 0.29) is 18.0 Å². The lowest BCUT2D eigenvalue weighted by Crippen LogP contribution is -2.34. The summed E-state index contributed by atoms with van der Waals surface area (Å²) in [5.41, 5.74) is 2.95. The lowest BCUT2D eigenvalue weighted by Gasteiger charge is -2.31. The average Bonchev–Trinajstić information content (AvgIpc) is 3.26. The van der Waals surface area contributed by atoms with Crippen LogP contribution in [-0.4, -0.2) is 25.9 Å². The van der Waals surface area contributed by atoms with Gasteiger partial charge in [0.25, 0.3) is 10.0 Å². The lowest BCUT2D eigenvalue weighted by atomic mass is 10.1. The van der Waals surface area contributed by atoms with Crippen molar-refractivity contribution in [2.24, 2.45) is 0 Å². The molecule has 0 amide bonds. The summed E-state index contributed by atoms with van der Waals surface area (Å²) < 4.78 is 40.3. The van der Waals surface area contributed by atoms with Crippen molar-refractivity contribution in [2.75, 3.05) is 13.2 Å². The predicted octanol–water partition coefficient (Wildman–Crippen LogP) is 4.95. The second-order valence-electron chi connectivity index (χ2n) is 7.24. The highest BCUT2D eigenvalue weighted by molar-refractivity contribution is 7.89. The number of hydrogen-bond donors (Lipinski definition) is 0. The third kappa shape index (κ3) is 4.10. The molecular weight excluding hydrogens is 398 g/mol. The van der Waals surface area contributed by atoms with Gasteiger partial charge < -0.3 is 9.15 Å². The molecule has 3 aromatic rings. The molecule has 0 saturated heterocycles. The summed E-state index contributed by atoms with van der Waals surface area (Å²) in [5, 5.41) is 0. The first-order valence-electron chi connectivity index (χ1n) is 9.63. The van der Waals surface area contributed by atoms with Crippen LogP contribution in [0.15, 0.2) is 101 Å². The molecule has 0 radical (unpaired) electrons. The number of sulfonamides is 1. The maximum Gasteiger partial charge on any atom is 0.264 e. The van der Waals surface area contributed by atoms with Crippen molar-refractivity contribution in [3.05, 3.63) is 108 Å². The number of hydrogen-bond acceptors (Lipinski definition) is 4. The zero-order valence-electron chi connectivity index (χ0n) is 16.7. The lowest BCUT2D eigenvalue weighted by molar-refractivity contribution is 0.0841. The van der Waals surface area contributed by atoms with E-state index in [1.807, 2.05) is 43.3 Å². The van der Waals surface area contributed by atoms with Crippen molar-refractivity contribution < 1.29 is 17.6 Å². The number of ether oxygens (including phenoxy) is 1. The molecule has 4 rings (SSSR count). The molecule has 0 aliphatic carbocycles. The molecule has 0 spiro atoms. The Morgan fingerprint density at radius 2 is 1.73 bits per heavy atom. The largest absolute Gasteiger partial charge is 0.466 e. The van der Waals surface area contributed by atoms with Gasteiger partial charge in [-0.15, -0.1) is 0 Å². The molecule has 154 valence electrons. The van der Waals surface area contributed by atoms with Gasteiger partial charge in [-0.1, -0.05) is 54.6 Å². The van der Waals surface area contributed by atoms with Crippen LogP contribution in [0, 0.1) is 6.92 Å². The zero-order valence-corrected chi connectivity index (χ0v) is 17.5. The Balaban J connectivity index is 1.88. The smallest absolute Gasteiger partial charge is 0.264 e. The maximum absolute atomic E-state index is 13.7. The molecule has 5 nitrogen and oxygen atoms in total. The van der Waals surface area contributed by atoms with Crippen LogP contribution in [0.1, 0.15) is 23.0 Å². The van der Waals surface area contributed by atoms with E-state index in [2.05, 4.69) is 6.58 Å². The molecule has 0 fully saturated rings. The molecule has 0 bridgehead atoms. The standard InChI is InChI=1S/C24H23NO4S/c1-18-10-12-21(13-11-18)30(26,27)25-16-19(2)17-29-24(23-9-6-14-28-23)15-22(25)20-7-4-3-5-8-20/h3-15,24H,2,16-17H2,1H3/b22-15-. The van der Waals surface area contributed by atoms with Crippen LogP contribution in [0.2, 0.25) is 0 Å². The van der Waals surface area contributed by atoms with E-state index in [9.17, 15) is 8.42 Å². The Hall–Kier alpha value is -3.09. The van der Waals surface area contributed by atoms with E-state index in [4.69, 9.17) is 9.15 Å². The van der Waals surface area contributed by atoms with Crippen LogP contribution in [-0.2, 0) is 14.8 Å². The van der Waals surface area contributed by atoms with E-state index in [1.165, 1.54) is 4.31 Å². The van der Waals surface area contributed by atoms with Crippen LogP contribution in [0.4, 0.5) is 0 Å². The summed E-state index contributed by atoms with van der Waals surface area (Å²) >= 11 is 0. The maximum atomic E-state index is 13.7. The van der Waals surface area contributed by atoms with Crippen LogP contribution in [0.5, 0.6) is 0 Å². The Labute approximate surface area is 177 Å². The normalized spacial score (nSPS) is 19.6. The van der Waals surface area contributed by atoms with Gasteiger partial charge in [0.05, 0.1) is 30.0 Å². The quantitative estimate of drug-likeness (QED) is 0.560. The van der Waals surface area contributed by atoms with E-state index in [0.29, 0.717) is 17.0 Å². The fourth-order valence-corrected chi connectivity index (χ4v) is 4.85. The number of benzene rings is 2. The summed E-state index contributed by atoms with van der Waals surface area (Å²) in [6.45, 7) is 6.32. The van der Waals surface area contributed by atoms with E-state index < -0.39 is 16.1 Å². The molecule has 30 heavy (non-hydrogen) atoms. The van der Waals surface area contributed by atoms with Crippen molar-refractivity contribution in [3.63, 3.8) is 0 Å². The minimum absolute atomic E-state index is 0.127. The van der Waals surface area contributed by atoms with Crippen LogP contribution in [0.25, 0.3) is 5.70 Å². The highest BCUT2D eigenvalue weighted by atomic mass is 32.2. The summed E-state index contributed by atoms with van der Waals surface area (Å²) in [6.07, 6.45) is 2.83. The van der Waals surface area contributed by atoms with E-state index in [1.54, 1.807) is 42.7 Å². The van der Waals surface area contributed by atoms with Crippen molar-refractivity contribution >= 4 is 15.7 Å². The van der Waals surface area contributed by atoms with Gasteiger partial charge in [-0.25, -0.2) is 8.42 Å². The highest BCUT2D eigenvalue weighted by Gasteiger charge is 2.31.